The Morgan fingerprint density at radius 3 is 2.27 bits per heavy atom. The number of esters is 1. The first-order chi connectivity index (χ1) is 21.0. The van der Waals surface area contributed by atoms with Crippen LogP contribution in [0.3, 0.4) is 0 Å². The molecule has 2 unspecified atom stereocenters. The number of phenols is 5. The molecule has 1 aliphatic heterocycles. The van der Waals surface area contributed by atoms with Crippen molar-refractivity contribution in [3.63, 3.8) is 0 Å². The third kappa shape index (κ3) is 5.95. The van der Waals surface area contributed by atoms with Gasteiger partial charge in [0, 0.05) is 23.8 Å². The second-order valence-electron chi connectivity index (χ2n) is 9.78. The van der Waals surface area contributed by atoms with Crippen molar-refractivity contribution in [3.8, 4) is 45.8 Å². The van der Waals surface area contributed by atoms with E-state index in [-0.39, 0.29) is 16.9 Å². The van der Waals surface area contributed by atoms with E-state index in [2.05, 4.69) is 0 Å². The van der Waals surface area contributed by atoms with E-state index in [1.165, 1.54) is 36.4 Å². The van der Waals surface area contributed by atoms with Crippen LogP contribution in [-0.2, 0) is 14.3 Å². The maximum absolute atomic E-state index is 13.7. The molecular weight excluding hydrogens is 584 g/mol. The van der Waals surface area contributed by atoms with Crippen molar-refractivity contribution >= 4 is 23.0 Å². The Bertz CT molecular complexity index is 1780. The second kappa shape index (κ2) is 12.1. The number of phenolic OH excluding ortho intramolecular Hbond substituents is 5. The Morgan fingerprint density at radius 1 is 0.864 bits per heavy atom. The SMILES string of the molecule is O=C(/C=C/c1ccc(O)cc1)O[C@@H]1C(O)[C@H](O)C(CO)O[C@H]1Oc1c(-c2ccc(O)c(O)c2)oc2cc(O)cc(O)c2c1=O. The lowest BCUT2D eigenvalue weighted by molar-refractivity contribution is -0.281. The molecule has 3 aromatic carbocycles. The molecule has 0 spiro atoms. The van der Waals surface area contributed by atoms with Crippen molar-refractivity contribution in [2.75, 3.05) is 6.61 Å². The van der Waals surface area contributed by atoms with Crippen molar-refractivity contribution in [2.45, 2.75) is 30.7 Å². The molecule has 0 aliphatic carbocycles. The van der Waals surface area contributed by atoms with Gasteiger partial charge in [-0.2, -0.15) is 0 Å². The zero-order chi connectivity index (χ0) is 31.7. The Kier molecular flexibility index (Phi) is 8.33. The van der Waals surface area contributed by atoms with E-state index < -0.39 is 88.6 Å². The van der Waals surface area contributed by atoms with E-state index in [9.17, 15) is 50.4 Å². The number of ether oxygens (including phenoxy) is 3. The topological polar surface area (TPSA) is 237 Å². The summed E-state index contributed by atoms with van der Waals surface area (Å²) in [6.07, 6.45) is -6.44. The summed E-state index contributed by atoms with van der Waals surface area (Å²) in [6, 6.07) is 11.1. The first kappa shape index (κ1) is 30.2. The predicted octanol–water partition coefficient (Wildman–Crippen LogP) is 1.43. The Hall–Kier alpha value is -5.28. The second-order valence-corrected chi connectivity index (χ2v) is 9.78. The van der Waals surface area contributed by atoms with Crippen LogP contribution in [0.5, 0.6) is 34.5 Å². The molecule has 1 fully saturated rings. The fourth-order valence-electron chi connectivity index (χ4n) is 4.55. The number of aliphatic hydroxyl groups excluding tert-OH is 3. The average Bonchev–Trinajstić information content (AvgIpc) is 2.98. The summed E-state index contributed by atoms with van der Waals surface area (Å²) in [4.78, 5) is 26.4. The molecule has 1 aliphatic rings. The van der Waals surface area contributed by atoms with Crippen molar-refractivity contribution in [3.05, 3.63) is 76.5 Å². The van der Waals surface area contributed by atoms with Gasteiger partial charge in [0.1, 0.15) is 46.5 Å². The highest BCUT2D eigenvalue weighted by Gasteiger charge is 2.48. The molecule has 0 bridgehead atoms. The third-order valence-corrected chi connectivity index (χ3v) is 6.77. The smallest absolute Gasteiger partial charge is 0.331 e. The van der Waals surface area contributed by atoms with Gasteiger partial charge in [-0.15, -0.1) is 0 Å². The normalized spacial score (nSPS) is 21.8. The zero-order valence-electron chi connectivity index (χ0n) is 22.5. The summed E-state index contributed by atoms with van der Waals surface area (Å²) >= 11 is 0. The standard InChI is InChI=1S/C30H26O14/c31-12-21-24(38)26(40)29(43-22(37)8-3-13-1-5-15(32)6-2-13)30(42-21)44-28-25(39)23-19(36)10-16(33)11-20(23)41-27(28)14-4-7-17(34)18(35)9-14/h1-11,21,24,26,29-36,38,40H,12H2/b8-3+/t21?,24-,26?,29-,30+/m1/s1. The number of carbonyl (C=O) groups is 1. The highest BCUT2D eigenvalue weighted by molar-refractivity contribution is 5.89. The van der Waals surface area contributed by atoms with Gasteiger partial charge in [-0.1, -0.05) is 12.1 Å². The molecule has 1 aromatic heterocycles. The number of benzene rings is 3. The van der Waals surface area contributed by atoms with Gasteiger partial charge in [-0.25, -0.2) is 4.79 Å². The lowest BCUT2D eigenvalue weighted by atomic mass is 9.99. The van der Waals surface area contributed by atoms with E-state index in [1.807, 2.05) is 0 Å². The molecule has 4 aromatic rings. The highest BCUT2D eigenvalue weighted by Crippen LogP contribution is 2.39. The number of carbonyl (C=O) groups excluding carboxylic acids is 1. The summed E-state index contributed by atoms with van der Waals surface area (Å²) in [5.74, 6) is -4.34. The fourth-order valence-corrected chi connectivity index (χ4v) is 4.55. The molecule has 44 heavy (non-hydrogen) atoms. The van der Waals surface area contributed by atoms with Crippen molar-refractivity contribution in [2.24, 2.45) is 0 Å². The van der Waals surface area contributed by atoms with Crippen molar-refractivity contribution in [1.29, 1.82) is 0 Å². The van der Waals surface area contributed by atoms with E-state index in [0.717, 1.165) is 30.3 Å². The van der Waals surface area contributed by atoms with Crippen LogP contribution in [0.15, 0.2) is 69.9 Å². The molecular formula is C30H26O14. The van der Waals surface area contributed by atoms with Gasteiger partial charge in [0.2, 0.25) is 17.5 Å². The van der Waals surface area contributed by atoms with Crippen LogP contribution in [0.1, 0.15) is 5.56 Å². The quantitative estimate of drug-likeness (QED) is 0.0840. The van der Waals surface area contributed by atoms with E-state index in [1.54, 1.807) is 0 Å². The maximum atomic E-state index is 13.7. The fraction of sp³-hybridized carbons (Fsp3) is 0.200. The van der Waals surface area contributed by atoms with Gasteiger partial charge in [0.15, 0.2) is 23.4 Å². The molecule has 14 nitrogen and oxygen atoms in total. The number of hydrogen-bond donors (Lipinski definition) is 8. The van der Waals surface area contributed by atoms with E-state index in [0.29, 0.717) is 5.56 Å². The van der Waals surface area contributed by atoms with Gasteiger partial charge in [0.25, 0.3) is 0 Å². The van der Waals surface area contributed by atoms with Crippen LogP contribution in [-0.4, -0.2) is 84.1 Å². The largest absolute Gasteiger partial charge is 0.508 e. The minimum absolute atomic E-state index is 0.00444. The van der Waals surface area contributed by atoms with Gasteiger partial charge >= 0.3 is 5.97 Å². The highest BCUT2D eigenvalue weighted by atomic mass is 16.7. The molecule has 0 radical (unpaired) electrons. The number of fused-ring (bicyclic) bond motifs is 1. The molecule has 230 valence electrons. The molecule has 5 atom stereocenters. The number of hydrogen-bond acceptors (Lipinski definition) is 14. The van der Waals surface area contributed by atoms with Gasteiger partial charge in [-0.05, 0) is 42.0 Å². The van der Waals surface area contributed by atoms with E-state index in [4.69, 9.17) is 18.6 Å². The number of aromatic hydroxyl groups is 5. The summed E-state index contributed by atoms with van der Waals surface area (Å²) in [6.45, 7) is -0.815. The molecule has 8 N–H and O–H groups in total. The van der Waals surface area contributed by atoms with Gasteiger partial charge in [0.05, 0.1) is 6.61 Å². The number of rotatable bonds is 7. The Labute approximate surface area is 247 Å². The summed E-state index contributed by atoms with van der Waals surface area (Å²) < 4.78 is 22.5. The zero-order valence-corrected chi connectivity index (χ0v) is 22.5. The third-order valence-electron chi connectivity index (χ3n) is 6.77. The molecule has 0 saturated carbocycles. The lowest BCUT2D eigenvalue weighted by Gasteiger charge is -2.41. The van der Waals surface area contributed by atoms with Crippen LogP contribution >= 0.6 is 0 Å². The van der Waals surface area contributed by atoms with Crippen molar-refractivity contribution in [1.82, 2.24) is 0 Å². The first-order valence-electron chi connectivity index (χ1n) is 13.0. The molecule has 2 heterocycles. The molecule has 1 saturated heterocycles. The monoisotopic (exact) mass is 610 g/mol. The number of aliphatic hydroxyl groups is 3. The Balaban J connectivity index is 1.57. The van der Waals surface area contributed by atoms with Crippen LogP contribution < -0.4 is 10.2 Å². The minimum atomic E-state index is -1.89. The van der Waals surface area contributed by atoms with Gasteiger partial charge in [-0.3, -0.25) is 4.79 Å². The summed E-state index contributed by atoms with van der Waals surface area (Å²) in [5, 5.41) is 80.3. The average molecular weight is 611 g/mol. The minimum Gasteiger partial charge on any atom is -0.508 e. The predicted molar refractivity (Wildman–Crippen MR) is 150 cm³/mol. The molecule has 5 rings (SSSR count). The van der Waals surface area contributed by atoms with Crippen LogP contribution in [0.4, 0.5) is 0 Å². The van der Waals surface area contributed by atoms with Crippen molar-refractivity contribution < 1.29 is 64.3 Å². The molecule has 14 heteroatoms. The van der Waals surface area contributed by atoms with Crippen LogP contribution in [0.2, 0.25) is 0 Å². The Morgan fingerprint density at radius 2 is 1.59 bits per heavy atom. The maximum Gasteiger partial charge on any atom is 0.331 e. The summed E-state index contributed by atoms with van der Waals surface area (Å²) in [5.41, 5.74) is -0.834. The lowest BCUT2D eigenvalue weighted by Crippen LogP contribution is -2.61. The first-order valence-corrected chi connectivity index (χ1v) is 13.0. The van der Waals surface area contributed by atoms with Gasteiger partial charge < -0.3 is 59.5 Å². The summed E-state index contributed by atoms with van der Waals surface area (Å²) in [7, 11) is 0. The van der Waals surface area contributed by atoms with E-state index >= 15 is 0 Å². The van der Waals surface area contributed by atoms with Crippen LogP contribution in [0, 0.1) is 0 Å². The van der Waals surface area contributed by atoms with Crippen LogP contribution in [0.25, 0.3) is 28.4 Å². The molecule has 0 amide bonds.